The Morgan fingerprint density at radius 2 is 2.36 bits per heavy atom. The molecule has 0 fully saturated rings. The number of thiazole rings is 1. The summed E-state index contributed by atoms with van der Waals surface area (Å²) in [5.74, 6) is 0. The molecule has 0 aliphatic heterocycles. The van der Waals surface area contributed by atoms with Gasteiger partial charge >= 0.3 is 0 Å². The zero-order chi connectivity index (χ0) is 9.97. The lowest BCUT2D eigenvalue weighted by Crippen LogP contribution is -2.01. The highest BCUT2D eigenvalue weighted by atomic mass is 32.1. The summed E-state index contributed by atoms with van der Waals surface area (Å²) in [6.45, 7) is 0.616. The summed E-state index contributed by atoms with van der Waals surface area (Å²) in [5, 5.41) is 9.75. The van der Waals surface area contributed by atoms with Crippen molar-refractivity contribution in [1.82, 2.24) is 4.98 Å². The monoisotopic (exact) mass is 203 g/mol. The molecule has 70 valence electrons. The fourth-order valence-electron chi connectivity index (χ4n) is 1.28. The SMILES string of the molecule is N#Cc1ccc2sc(CCN)nc2c1. The molecule has 4 heteroatoms. The lowest BCUT2D eigenvalue weighted by Gasteiger charge is -1.86. The molecular weight excluding hydrogens is 194 g/mol. The first-order valence-corrected chi connectivity index (χ1v) is 5.15. The molecule has 0 bridgehead atoms. The maximum atomic E-state index is 8.71. The highest BCUT2D eigenvalue weighted by Crippen LogP contribution is 2.22. The van der Waals surface area contributed by atoms with Crippen molar-refractivity contribution in [3.63, 3.8) is 0 Å². The maximum Gasteiger partial charge on any atom is 0.0992 e. The van der Waals surface area contributed by atoms with Gasteiger partial charge in [0.15, 0.2) is 0 Å². The van der Waals surface area contributed by atoms with E-state index in [0.29, 0.717) is 12.1 Å². The van der Waals surface area contributed by atoms with E-state index in [1.807, 2.05) is 18.2 Å². The van der Waals surface area contributed by atoms with Gasteiger partial charge in [-0.25, -0.2) is 4.98 Å². The molecule has 0 radical (unpaired) electrons. The summed E-state index contributed by atoms with van der Waals surface area (Å²) < 4.78 is 1.12. The quantitative estimate of drug-likeness (QED) is 0.807. The van der Waals surface area contributed by atoms with Gasteiger partial charge in [0.05, 0.1) is 26.9 Å². The predicted molar refractivity (Wildman–Crippen MR) is 57.1 cm³/mol. The van der Waals surface area contributed by atoms with E-state index in [1.165, 1.54) is 0 Å². The minimum Gasteiger partial charge on any atom is -0.330 e. The normalized spacial score (nSPS) is 10.3. The van der Waals surface area contributed by atoms with Crippen molar-refractivity contribution in [1.29, 1.82) is 5.26 Å². The predicted octanol–water partition coefficient (Wildman–Crippen LogP) is 1.67. The summed E-state index contributed by atoms with van der Waals surface area (Å²) in [6, 6.07) is 7.66. The Morgan fingerprint density at radius 3 is 3.07 bits per heavy atom. The number of rotatable bonds is 2. The van der Waals surface area contributed by atoms with Gasteiger partial charge in [-0.3, -0.25) is 0 Å². The number of nitriles is 1. The van der Waals surface area contributed by atoms with Crippen LogP contribution < -0.4 is 5.73 Å². The molecule has 0 aliphatic carbocycles. The number of aromatic nitrogens is 1. The Labute approximate surface area is 85.8 Å². The van der Waals surface area contributed by atoms with Gasteiger partial charge in [-0.15, -0.1) is 11.3 Å². The summed E-state index contributed by atoms with van der Waals surface area (Å²) in [4.78, 5) is 4.40. The van der Waals surface area contributed by atoms with Crippen LogP contribution in [0.1, 0.15) is 10.6 Å². The van der Waals surface area contributed by atoms with Crippen LogP contribution in [0.2, 0.25) is 0 Å². The average molecular weight is 203 g/mol. The number of benzene rings is 1. The highest BCUT2D eigenvalue weighted by Gasteiger charge is 2.03. The Bertz CT molecular complexity index is 496. The zero-order valence-electron chi connectivity index (χ0n) is 7.53. The molecular formula is C10H9N3S. The molecule has 3 nitrogen and oxygen atoms in total. The van der Waals surface area contributed by atoms with Crippen LogP contribution >= 0.6 is 11.3 Å². The molecule has 1 aromatic carbocycles. The largest absolute Gasteiger partial charge is 0.330 e. The van der Waals surface area contributed by atoms with E-state index in [1.54, 1.807) is 11.3 Å². The fraction of sp³-hybridized carbons (Fsp3) is 0.200. The molecule has 1 aromatic heterocycles. The average Bonchev–Trinajstić information content (AvgIpc) is 2.59. The first kappa shape index (κ1) is 9.13. The molecule has 0 saturated heterocycles. The second-order valence-electron chi connectivity index (χ2n) is 2.94. The maximum absolute atomic E-state index is 8.71. The van der Waals surface area contributed by atoms with Crippen LogP contribution in [0.3, 0.4) is 0 Å². The van der Waals surface area contributed by atoms with Gasteiger partial charge in [-0.2, -0.15) is 5.26 Å². The number of hydrogen-bond acceptors (Lipinski definition) is 4. The Kier molecular flexibility index (Phi) is 2.44. The van der Waals surface area contributed by atoms with Crippen LogP contribution in [-0.2, 0) is 6.42 Å². The molecule has 2 N–H and O–H groups in total. The van der Waals surface area contributed by atoms with Gasteiger partial charge in [0, 0.05) is 6.42 Å². The van der Waals surface area contributed by atoms with Crippen LogP contribution in [-0.4, -0.2) is 11.5 Å². The zero-order valence-corrected chi connectivity index (χ0v) is 8.34. The molecule has 14 heavy (non-hydrogen) atoms. The molecule has 0 spiro atoms. The third kappa shape index (κ3) is 1.60. The van der Waals surface area contributed by atoms with Crippen molar-refractivity contribution >= 4 is 21.6 Å². The molecule has 0 atom stereocenters. The van der Waals surface area contributed by atoms with E-state index in [9.17, 15) is 0 Å². The number of hydrogen-bond donors (Lipinski definition) is 1. The summed E-state index contributed by atoms with van der Waals surface area (Å²) in [5.41, 5.74) is 7.01. The molecule has 0 amide bonds. The van der Waals surface area contributed by atoms with Crippen molar-refractivity contribution < 1.29 is 0 Å². The van der Waals surface area contributed by atoms with Gasteiger partial charge in [0.25, 0.3) is 0 Å². The molecule has 0 saturated carbocycles. The smallest absolute Gasteiger partial charge is 0.0992 e. The van der Waals surface area contributed by atoms with Gasteiger partial charge in [0.1, 0.15) is 0 Å². The van der Waals surface area contributed by atoms with Crippen molar-refractivity contribution in [2.75, 3.05) is 6.54 Å². The van der Waals surface area contributed by atoms with Crippen LogP contribution in [0.5, 0.6) is 0 Å². The lowest BCUT2D eigenvalue weighted by atomic mass is 10.2. The fourth-order valence-corrected chi connectivity index (χ4v) is 2.24. The molecule has 2 rings (SSSR count). The van der Waals surface area contributed by atoms with Gasteiger partial charge < -0.3 is 5.73 Å². The second kappa shape index (κ2) is 3.74. The molecule has 0 aliphatic rings. The first-order valence-electron chi connectivity index (χ1n) is 4.33. The van der Waals surface area contributed by atoms with Crippen molar-refractivity contribution in [3.05, 3.63) is 28.8 Å². The molecule has 0 unspecified atom stereocenters. The minimum atomic E-state index is 0.616. The van der Waals surface area contributed by atoms with E-state index < -0.39 is 0 Å². The highest BCUT2D eigenvalue weighted by molar-refractivity contribution is 7.18. The Morgan fingerprint density at radius 1 is 1.50 bits per heavy atom. The van der Waals surface area contributed by atoms with Crippen molar-refractivity contribution in [2.24, 2.45) is 5.73 Å². The minimum absolute atomic E-state index is 0.616. The van der Waals surface area contributed by atoms with E-state index >= 15 is 0 Å². The van der Waals surface area contributed by atoms with E-state index in [4.69, 9.17) is 11.0 Å². The summed E-state index contributed by atoms with van der Waals surface area (Å²) in [6.07, 6.45) is 0.807. The first-order chi connectivity index (χ1) is 6.83. The van der Waals surface area contributed by atoms with Gasteiger partial charge in [0.2, 0.25) is 0 Å². The number of nitrogens with zero attached hydrogens (tertiary/aromatic N) is 2. The molecule has 1 heterocycles. The van der Waals surface area contributed by atoms with Gasteiger partial charge in [-0.05, 0) is 24.7 Å². The number of fused-ring (bicyclic) bond motifs is 1. The topological polar surface area (TPSA) is 62.7 Å². The third-order valence-electron chi connectivity index (χ3n) is 1.92. The van der Waals surface area contributed by atoms with E-state index in [0.717, 1.165) is 21.6 Å². The second-order valence-corrected chi connectivity index (χ2v) is 4.06. The summed E-state index contributed by atoms with van der Waals surface area (Å²) in [7, 11) is 0. The van der Waals surface area contributed by atoms with E-state index in [-0.39, 0.29) is 0 Å². The van der Waals surface area contributed by atoms with Gasteiger partial charge in [-0.1, -0.05) is 0 Å². The Hall–Kier alpha value is -1.44. The van der Waals surface area contributed by atoms with E-state index in [2.05, 4.69) is 11.1 Å². The van der Waals surface area contributed by atoms with Crippen molar-refractivity contribution in [2.45, 2.75) is 6.42 Å². The molecule has 2 aromatic rings. The standard InChI is InChI=1S/C10H9N3S/c11-4-3-10-13-8-5-7(6-12)1-2-9(8)14-10/h1-2,5H,3-4,11H2. The summed E-state index contributed by atoms with van der Waals surface area (Å²) >= 11 is 1.64. The lowest BCUT2D eigenvalue weighted by molar-refractivity contribution is 0.958. The Balaban J connectivity index is 2.50. The van der Waals surface area contributed by atoms with Crippen LogP contribution in [0.25, 0.3) is 10.2 Å². The van der Waals surface area contributed by atoms with Crippen LogP contribution in [0.4, 0.5) is 0 Å². The third-order valence-corrected chi connectivity index (χ3v) is 3.02. The van der Waals surface area contributed by atoms with Crippen LogP contribution in [0, 0.1) is 11.3 Å². The van der Waals surface area contributed by atoms with Crippen molar-refractivity contribution in [3.8, 4) is 6.07 Å². The van der Waals surface area contributed by atoms with Crippen LogP contribution in [0.15, 0.2) is 18.2 Å². The number of nitrogens with two attached hydrogens (primary N) is 1.